The van der Waals surface area contributed by atoms with Gasteiger partial charge in [-0.2, -0.15) is 0 Å². The molecular formula is C17H27N. The van der Waals surface area contributed by atoms with Crippen molar-refractivity contribution in [2.45, 2.75) is 59.5 Å². The Hall–Kier alpha value is -0.820. The molecule has 100 valence electrons. The Bertz CT molecular complexity index is 406. The minimum atomic E-state index is 0.328. The second-order valence-corrected chi connectivity index (χ2v) is 6.99. The summed E-state index contributed by atoms with van der Waals surface area (Å²) in [6.07, 6.45) is 2.43. The molecular weight excluding hydrogens is 218 g/mol. The van der Waals surface area contributed by atoms with Gasteiger partial charge in [0.05, 0.1) is 0 Å². The summed E-state index contributed by atoms with van der Waals surface area (Å²) in [6.45, 7) is 11.7. The predicted molar refractivity (Wildman–Crippen MR) is 78.7 cm³/mol. The highest BCUT2D eigenvalue weighted by atomic mass is 15.0. The number of hydrogen-bond acceptors (Lipinski definition) is 1. The van der Waals surface area contributed by atoms with E-state index in [1.807, 2.05) is 0 Å². The molecule has 0 spiro atoms. The van der Waals surface area contributed by atoms with Gasteiger partial charge in [-0.25, -0.2) is 0 Å². The van der Waals surface area contributed by atoms with Crippen molar-refractivity contribution < 1.29 is 0 Å². The minimum absolute atomic E-state index is 0.328. The van der Waals surface area contributed by atoms with Crippen molar-refractivity contribution >= 4 is 0 Å². The molecule has 0 aliphatic heterocycles. The highest BCUT2D eigenvalue weighted by Crippen LogP contribution is 2.45. The van der Waals surface area contributed by atoms with Crippen molar-refractivity contribution in [3.8, 4) is 0 Å². The normalized spacial score (nSPS) is 23.1. The van der Waals surface area contributed by atoms with E-state index in [0.717, 1.165) is 5.92 Å². The molecule has 1 aliphatic carbocycles. The van der Waals surface area contributed by atoms with Gasteiger partial charge in [0.25, 0.3) is 0 Å². The molecule has 0 bridgehead atoms. The van der Waals surface area contributed by atoms with Crippen LogP contribution in [0.4, 0.5) is 0 Å². The fourth-order valence-corrected chi connectivity index (χ4v) is 3.37. The van der Waals surface area contributed by atoms with E-state index in [-0.39, 0.29) is 0 Å². The van der Waals surface area contributed by atoms with E-state index >= 15 is 0 Å². The molecule has 0 heterocycles. The van der Waals surface area contributed by atoms with Gasteiger partial charge in [0.2, 0.25) is 0 Å². The summed E-state index contributed by atoms with van der Waals surface area (Å²) in [5.74, 6) is 0.757. The van der Waals surface area contributed by atoms with Gasteiger partial charge in [-0.15, -0.1) is 0 Å². The van der Waals surface area contributed by atoms with Crippen molar-refractivity contribution in [2.24, 2.45) is 11.3 Å². The van der Waals surface area contributed by atoms with Crippen molar-refractivity contribution in [2.75, 3.05) is 0 Å². The zero-order valence-electron chi connectivity index (χ0n) is 12.5. The third-order valence-electron chi connectivity index (χ3n) is 4.07. The van der Waals surface area contributed by atoms with Crippen molar-refractivity contribution in [1.82, 2.24) is 5.32 Å². The van der Waals surface area contributed by atoms with Gasteiger partial charge in [-0.05, 0) is 42.2 Å². The van der Waals surface area contributed by atoms with Crippen molar-refractivity contribution in [3.05, 3.63) is 35.4 Å². The fourth-order valence-electron chi connectivity index (χ4n) is 3.37. The average molecular weight is 245 g/mol. The first kappa shape index (κ1) is 13.6. The molecule has 0 fully saturated rings. The first-order chi connectivity index (χ1) is 8.40. The van der Waals surface area contributed by atoms with E-state index in [1.165, 1.54) is 24.0 Å². The molecule has 1 heteroatoms. The third kappa shape index (κ3) is 2.77. The Morgan fingerprint density at radius 2 is 1.89 bits per heavy atom. The Morgan fingerprint density at radius 1 is 1.22 bits per heavy atom. The van der Waals surface area contributed by atoms with E-state index in [4.69, 9.17) is 0 Å². The second-order valence-electron chi connectivity index (χ2n) is 6.99. The van der Waals surface area contributed by atoms with Crippen LogP contribution >= 0.6 is 0 Å². The lowest BCUT2D eigenvalue weighted by Crippen LogP contribution is -2.37. The Kier molecular flexibility index (Phi) is 3.82. The van der Waals surface area contributed by atoms with Crippen molar-refractivity contribution in [1.29, 1.82) is 0 Å². The molecule has 0 aromatic heterocycles. The quantitative estimate of drug-likeness (QED) is 0.832. The largest absolute Gasteiger partial charge is 0.307 e. The summed E-state index contributed by atoms with van der Waals surface area (Å²) in [6, 6.07) is 10.00. The fraction of sp³-hybridized carbons (Fsp3) is 0.647. The molecule has 1 nitrogen and oxygen atoms in total. The van der Waals surface area contributed by atoms with Crippen LogP contribution in [0.15, 0.2) is 24.3 Å². The zero-order chi connectivity index (χ0) is 13.3. The van der Waals surface area contributed by atoms with Gasteiger partial charge in [0.1, 0.15) is 0 Å². The van der Waals surface area contributed by atoms with Gasteiger partial charge < -0.3 is 5.32 Å². The SMILES string of the molecule is CC(C)CC(C)NC1c2ccccc2CC1(C)C. The van der Waals surface area contributed by atoms with Crippen LogP contribution in [0.1, 0.15) is 58.2 Å². The third-order valence-corrected chi connectivity index (χ3v) is 4.07. The summed E-state index contributed by atoms with van der Waals surface area (Å²) < 4.78 is 0. The Morgan fingerprint density at radius 3 is 2.56 bits per heavy atom. The summed E-state index contributed by atoms with van der Waals surface area (Å²) in [5, 5.41) is 3.86. The van der Waals surface area contributed by atoms with E-state index < -0.39 is 0 Å². The maximum absolute atomic E-state index is 3.86. The number of rotatable bonds is 4. The lowest BCUT2D eigenvalue weighted by molar-refractivity contribution is 0.242. The minimum Gasteiger partial charge on any atom is -0.307 e. The van der Waals surface area contributed by atoms with Crippen LogP contribution in [0.5, 0.6) is 0 Å². The van der Waals surface area contributed by atoms with E-state index in [1.54, 1.807) is 0 Å². The molecule has 0 radical (unpaired) electrons. The summed E-state index contributed by atoms with van der Waals surface area (Å²) in [7, 11) is 0. The Labute approximate surface area is 112 Å². The number of hydrogen-bond donors (Lipinski definition) is 1. The standard InChI is InChI=1S/C17H27N/c1-12(2)10-13(3)18-16-15-9-7-6-8-14(15)11-17(16,4)5/h6-9,12-13,16,18H,10-11H2,1-5H3. The first-order valence-electron chi connectivity index (χ1n) is 7.24. The van der Waals surface area contributed by atoms with Crippen LogP contribution in [0, 0.1) is 11.3 Å². The van der Waals surface area contributed by atoms with Gasteiger partial charge in [-0.1, -0.05) is 52.0 Å². The number of benzene rings is 1. The first-order valence-corrected chi connectivity index (χ1v) is 7.24. The lowest BCUT2D eigenvalue weighted by atomic mass is 9.84. The lowest BCUT2D eigenvalue weighted by Gasteiger charge is -2.32. The van der Waals surface area contributed by atoms with Gasteiger partial charge in [0, 0.05) is 12.1 Å². The smallest absolute Gasteiger partial charge is 0.0379 e. The maximum Gasteiger partial charge on any atom is 0.0379 e. The molecule has 2 atom stereocenters. The Balaban J connectivity index is 2.16. The second kappa shape index (κ2) is 5.05. The molecule has 0 saturated heterocycles. The van der Waals surface area contributed by atoms with Crippen LogP contribution in [-0.2, 0) is 6.42 Å². The predicted octanol–water partition coefficient (Wildman–Crippen LogP) is 4.33. The van der Waals surface area contributed by atoms with Crippen LogP contribution in [0.3, 0.4) is 0 Å². The monoisotopic (exact) mass is 245 g/mol. The topological polar surface area (TPSA) is 12.0 Å². The summed E-state index contributed by atoms with van der Waals surface area (Å²) in [5.41, 5.74) is 3.37. The number of fused-ring (bicyclic) bond motifs is 1. The molecule has 0 amide bonds. The van der Waals surface area contributed by atoms with E-state index in [0.29, 0.717) is 17.5 Å². The van der Waals surface area contributed by atoms with Crippen LogP contribution in [0.2, 0.25) is 0 Å². The number of nitrogens with one attached hydrogen (secondary N) is 1. The molecule has 0 saturated carbocycles. The summed E-state index contributed by atoms with van der Waals surface area (Å²) in [4.78, 5) is 0. The molecule has 1 aromatic rings. The van der Waals surface area contributed by atoms with Gasteiger partial charge >= 0.3 is 0 Å². The molecule has 18 heavy (non-hydrogen) atoms. The highest BCUT2D eigenvalue weighted by molar-refractivity contribution is 5.37. The molecule has 1 N–H and O–H groups in total. The average Bonchev–Trinajstić information content (AvgIpc) is 2.49. The van der Waals surface area contributed by atoms with E-state index in [2.05, 4.69) is 64.2 Å². The van der Waals surface area contributed by atoms with E-state index in [9.17, 15) is 0 Å². The molecule has 1 aromatic carbocycles. The van der Waals surface area contributed by atoms with Crippen LogP contribution < -0.4 is 5.32 Å². The molecule has 2 unspecified atom stereocenters. The maximum atomic E-state index is 3.86. The van der Waals surface area contributed by atoms with Crippen LogP contribution in [-0.4, -0.2) is 6.04 Å². The highest BCUT2D eigenvalue weighted by Gasteiger charge is 2.38. The van der Waals surface area contributed by atoms with Crippen LogP contribution in [0.25, 0.3) is 0 Å². The molecule has 2 rings (SSSR count). The van der Waals surface area contributed by atoms with Gasteiger partial charge in [0.15, 0.2) is 0 Å². The summed E-state index contributed by atoms with van der Waals surface area (Å²) >= 11 is 0. The zero-order valence-corrected chi connectivity index (χ0v) is 12.5. The van der Waals surface area contributed by atoms with Crippen molar-refractivity contribution in [3.63, 3.8) is 0 Å². The van der Waals surface area contributed by atoms with Gasteiger partial charge in [-0.3, -0.25) is 0 Å². The molecule has 1 aliphatic rings.